The maximum atomic E-state index is 12.4. The van der Waals surface area contributed by atoms with Crippen molar-refractivity contribution in [1.82, 2.24) is 5.32 Å². The van der Waals surface area contributed by atoms with Crippen LogP contribution in [0.5, 0.6) is 0 Å². The normalized spacial score (nSPS) is 16.8. The molecule has 1 amide bonds. The van der Waals surface area contributed by atoms with Gasteiger partial charge in [-0.25, -0.2) is 0 Å². The van der Waals surface area contributed by atoms with Gasteiger partial charge in [-0.05, 0) is 44.1 Å². The predicted octanol–water partition coefficient (Wildman–Crippen LogP) is 3.99. The molecule has 2 rings (SSSR count). The van der Waals surface area contributed by atoms with E-state index in [0.29, 0.717) is 28.1 Å². The molecule has 3 nitrogen and oxygen atoms in total. The summed E-state index contributed by atoms with van der Waals surface area (Å²) < 4.78 is 0. The maximum Gasteiger partial charge on any atom is 0.253 e. The molecule has 3 N–H and O–H groups in total. The largest absolute Gasteiger partial charge is 0.345 e. The molecular weight excluding hydrogens is 351 g/mol. The lowest BCUT2D eigenvalue weighted by atomic mass is 9.95. The van der Waals surface area contributed by atoms with E-state index >= 15 is 0 Å². The van der Waals surface area contributed by atoms with Crippen molar-refractivity contribution in [2.75, 3.05) is 12.8 Å². The first kappa shape index (κ1) is 18.9. The van der Waals surface area contributed by atoms with E-state index in [0.717, 1.165) is 17.7 Å². The van der Waals surface area contributed by atoms with Gasteiger partial charge in [0.05, 0.1) is 21.1 Å². The van der Waals surface area contributed by atoms with Crippen LogP contribution in [0.1, 0.15) is 30.1 Å². The van der Waals surface area contributed by atoms with Gasteiger partial charge in [0.1, 0.15) is 0 Å². The predicted molar refractivity (Wildman–Crippen MR) is 93.1 cm³/mol. The molecule has 0 spiro atoms. The molecule has 0 bridgehead atoms. The lowest BCUT2D eigenvalue weighted by Gasteiger charge is -2.29. The first-order chi connectivity index (χ1) is 9.41. The van der Waals surface area contributed by atoms with E-state index in [-0.39, 0.29) is 23.9 Å². The first-order valence-corrected chi connectivity index (χ1v) is 8.45. The van der Waals surface area contributed by atoms with Crippen LogP contribution in [-0.4, -0.2) is 24.2 Å². The van der Waals surface area contributed by atoms with Crippen LogP contribution < -0.4 is 11.1 Å². The van der Waals surface area contributed by atoms with Crippen LogP contribution in [0.25, 0.3) is 0 Å². The molecule has 1 atom stereocenters. The second-order valence-corrected chi connectivity index (χ2v) is 6.98. The van der Waals surface area contributed by atoms with Crippen LogP contribution in [0, 0.1) is 5.92 Å². The summed E-state index contributed by atoms with van der Waals surface area (Å²) in [5.74, 6) is 0.268. The third-order valence-electron chi connectivity index (χ3n) is 3.79. The smallest absolute Gasteiger partial charge is 0.253 e. The van der Waals surface area contributed by atoms with Crippen LogP contribution in [0.4, 0.5) is 0 Å². The van der Waals surface area contributed by atoms with Gasteiger partial charge in [0.2, 0.25) is 0 Å². The highest BCUT2D eigenvalue weighted by Crippen LogP contribution is 2.39. The molecular formula is C14H19Cl3N2OS. The highest BCUT2D eigenvalue weighted by Gasteiger charge is 2.41. The average molecular weight is 370 g/mol. The number of amides is 1. The number of benzene rings is 1. The topological polar surface area (TPSA) is 55.1 Å². The second kappa shape index (κ2) is 7.42. The SMILES string of the molecule is CSc1cc(C(=O)NC(C)(CN)C2CC2)c(Cl)cc1Cl.Cl. The highest BCUT2D eigenvalue weighted by atomic mass is 35.5. The minimum absolute atomic E-state index is 0. The zero-order chi connectivity index (χ0) is 14.9. The van der Waals surface area contributed by atoms with Crippen molar-refractivity contribution in [2.24, 2.45) is 11.7 Å². The number of hydrogen-bond donors (Lipinski definition) is 2. The quantitative estimate of drug-likeness (QED) is 0.771. The minimum Gasteiger partial charge on any atom is -0.345 e. The number of carbonyl (C=O) groups excluding carboxylic acids is 1. The summed E-state index contributed by atoms with van der Waals surface area (Å²) in [7, 11) is 0. The van der Waals surface area contributed by atoms with Gasteiger partial charge in [0.25, 0.3) is 5.91 Å². The Hall–Kier alpha value is -0.130. The molecule has 1 aliphatic rings. The van der Waals surface area contributed by atoms with Gasteiger partial charge in [-0.2, -0.15) is 0 Å². The van der Waals surface area contributed by atoms with E-state index < -0.39 is 0 Å². The van der Waals surface area contributed by atoms with Gasteiger partial charge < -0.3 is 11.1 Å². The molecule has 1 aromatic rings. The summed E-state index contributed by atoms with van der Waals surface area (Å²) in [5.41, 5.74) is 5.90. The van der Waals surface area contributed by atoms with Crippen molar-refractivity contribution in [1.29, 1.82) is 0 Å². The Morgan fingerprint density at radius 1 is 1.43 bits per heavy atom. The third kappa shape index (κ3) is 4.20. The summed E-state index contributed by atoms with van der Waals surface area (Å²) in [5, 5.41) is 3.95. The Balaban J connectivity index is 0.00000220. The molecule has 1 unspecified atom stereocenters. The molecule has 0 aliphatic heterocycles. The maximum absolute atomic E-state index is 12.4. The average Bonchev–Trinajstić information content (AvgIpc) is 3.23. The van der Waals surface area contributed by atoms with Crippen molar-refractivity contribution >= 4 is 53.3 Å². The monoisotopic (exact) mass is 368 g/mol. The Bertz CT molecular complexity index is 537. The van der Waals surface area contributed by atoms with E-state index in [2.05, 4.69) is 5.32 Å². The number of halogens is 3. The molecule has 0 aromatic heterocycles. The number of nitrogens with one attached hydrogen (secondary N) is 1. The highest BCUT2D eigenvalue weighted by molar-refractivity contribution is 7.98. The Morgan fingerprint density at radius 3 is 2.52 bits per heavy atom. The molecule has 1 saturated carbocycles. The molecule has 0 radical (unpaired) electrons. The lowest BCUT2D eigenvalue weighted by Crippen LogP contribution is -2.53. The summed E-state index contributed by atoms with van der Waals surface area (Å²) >= 11 is 13.7. The van der Waals surface area contributed by atoms with E-state index in [4.69, 9.17) is 28.9 Å². The van der Waals surface area contributed by atoms with Crippen LogP contribution in [0.15, 0.2) is 17.0 Å². The van der Waals surface area contributed by atoms with E-state index in [1.807, 2.05) is 13.2 Å². The Morgan fingerprint density at radius 2 is 2.05 bits per heavy atom. The fourth-order valence-electron chi connectivity index (χ4n) is 2.23. The summed E-state index contributed by atoms with van der Waals surface area (Å²) in [4.78, 5) is 13.3. The van der Waals surface area contributed by atoms with Crippen molar-refractivity contribution < 1.29 is 4.79 Å². The van der Waals surface area contributed by atoms with Crippen molar-refractivity contribution in [3.8, 4) is 0 Å². The van der Waals surface area contributed by atoms with Gasteiger partial charge in [-0.3, -0.25) is 4.79 Å². The molecule has 1 fully saturated rings. The van der Waals surface area contributed by atoms with Crippen LogP contribution in [0.3, 0.4) is 0 Å². The van der Waals surface area contributed by atoms with E-state index in [1.54, 1.807) is 12.1 Å². The lowest BCUT2D eigenvalue weighted by molar-refractivity contribution is 0.0898. The molecule has 0 saturated heterocycles. The fourth-order valence-corrected chi connectivity index (χ4v) is 3.42. The summed E-state index contributed by atoms with van der Waals surface area (Å²) in [6, 6.07) is 3.34. The molecule has 118 valence electrons. The van der Waals surface area contributed by atoms with E-state index in [1.165, 1.54) is 11.8 Å². The van der Waals surface area contributed by atoms with Gasteiger partial charge in [0.15, 0.2) is 0 Å². The third-order valence-corrected chi connectivity index (χ3v) is 5.30. The van der Waals surface area contributed by atoms with Gasteiger partial charge in [-0.15, -0.1) is 24.2 Å². The second-order valence-electron chi connectivity index (χ2n) is 5.32. The number of nitrogens with two attached hydrogens (primary N) is 1. The standard InChI is InChI=1S/C14H18Cl2N2OS.ClH/c1-14(7-17,8-3-4-8)18-13(19)9-5-12(20-2)11(16)6-10(9)15;/h5-6,8H,3-4,7,17H2,1-2H3,(H,18,19);1H. The zero-order valence-electron chi connectivity index (χ0n) is 11.9. The molecule has 1 aliphatic carbocycles. The molecule has 1 aromatic carbocycles. The van der Waals surface area contributed by atoms with Crippen LogP contribution in [-0.2, 0) is 0 Å². The first-order valence-electron chi connectivity index (χ1n) is 6.47. The van der Waals surface area contributed by atoms with Crippen LogP contribution >= 0.6 is 47.4 Å². The molecule has 0 heterocycles. The fraction of sp³-hybridized carbons (Fsp3) is 0.500. The number of thioether (sulfide) groups is 1. The minimum atomic E-state index is -0.362. The van der Waals surface area contributed by atoms with Gasteiger partial charge in [0, 0.05) is 11.4 Å². The van der Waals surface area contributed by atoms with E-state index in [9.17, 15) is 4.79 Å². The summed E-state index contributed by atoms with van der Waals surface area (Å²) in [6.45, 7) is 2.41. The van der Waals surface area contributed by atoms with Gasteiger partial charge in [-0.1, -0.05) is 23.2 Å². The number of rotatable bonds is 5. The Kier molecular flexibility index (Phi) is 6.69. The summed E-state index contributed by atoms with van der Waals surface area (Å²) in [6.07, 6.45) is 4.13. The van der Waals surface area contributed by atoms with Gasteiger partial charge >= 0.3 is 0 Å². The van der Waals surface area contributed by atoms with Crippen molar-refractivity contribution in [3.63, 3.8) is 0 Å². The molecule has 21 heavy (non-hydrogen) atoms. The zero-order valence-corrected chi connectivity index (χ0v) is 15.1. The van der Waals surface area contributed by atoms with Crippen LogP contribution in [0.2, 0.25) is 10.0 Å². The van der Waals surface area contributed by atoms with Crippen molar-refractivity contribution in [2.45, 2.75) is 30.2 Å². The molecule has 7 heteroatoms. The Labute approximate surface area is 145 Å². The number of carbonyl (C=O) groups is 1. The van der Waals surface area contributed by atoms with Crippen molar-refractivity contribution in [3.05, 3.63) is 27.7 Å². The number of hydrogen-bond acceptors (Lipinski definition) is 3.